The topological polar surface area (TPSA) is 49.4 Å². The Hall–Kier alpha value is -1.62. The van der Waals surface area contributed by atoms with Crippen LogP contribution in [0.3, 0.4) is 0 Å². The van der Waals surface area contributed by atoms with E-state index in [9.17, 15) is 14.0 Å². The number of halogens is 2. The number of hydrogen-bond acceptors (Lipinski definition) is 2. The van der Waals surface area contributed by atoms with E-state index in [2.05, 4.69) is 5.32 Å². The highest BCUT2D eigenvalue weighted by atomic mass is 35.5. The lowest BCUT2D eigenvalue weighted by atomic mass is 10.1. The smallest absolute Gasteiger partial charge is 0.239 e. The summed E-state index contributed by atoms with van der Waals surface area (Å²) in [6, 6.07) is 4.17. The van der Waals surface area contributed by atoms with Crippen LogP contribution in [-0.4, -0.2) is 24.4 Å². The molecule has 1 heterocycles. The molecule has 2 rings (SSSR count). The molecule has 2 amide bonds. The maximum Gasteiger partial charge on any atom is 0.239 e. The molecule has 2 atom stereocenters. The summed E-state index contributed by atoms with van der Waals surface area (Å²) in [4.78, 5) is 25.7. The van der Waals surface area contributed by atoms with Crippen LogP contribution in [0.1, 0.15) is 26.7 Å². The molecule has 1 aromatic rings. The van der Waals surface area contributed by atoms with E-state index in [1.54, 1.807) is 0 Å². The number of carbonyl (C=O) groups is 2. The molecule has 0 spiro atoms. The second-order valence-electron chi connectivity index (χ2n) is 5.24. The Morgan fingerprint density at radius 1 is 1.57 bits per heavy atom. The van der Waals surface area contributed by atoms with E-state index in [1.807, 2.05) is 13.8 Å². The fourth-order valence-electron chi connectivity index (χ4n) is 2.31. The number of benzene rings is 1. The third kappa shape index (κ3) is 3.35. The molecule has 0 unspecified atom stereocenters. The molecule has 1 aliphatic heterocycles. The van der Waals surface area contributed by atoms with Gasteiger partial charge in [0.2, 0.25) is 11.8 Å². The van der Waals surface area contributed by atoms with Crippen LogP contribution in [0.4, 0.5) is 10.1 Å². The van der Waals surface area contributed by atoms with Gasteiger partial charge in [0.1, 0.15) is 11.7 Å². The summed E-state index contributed by atoms with van der Waals surface area (Å²) < 4.78 is 13.9. The minimum Gasteiger partial charge on any atom is -0.353 e. The Labute approximate surface area is 128 Å². The number of hydrogen-bond donors (Lipinski definition) is 1. The summed E-state index contributed by atoms with van der Waals surface area (Å²) in [5.74, 6) is -1.95. The molecular formula is C15H18ClFN2O2. The van der Waals surface area contributed by atoms with Crippen molar-refractivity contribution in [2.24, 2.45) is 5.92 Å². The van der Waals surface area contributed by atoms with Crippen LogP contribution in [0, 0.1) is 11.7 Å². The molecule has 21 heavy (non-hydrogen) atoms. The number of anilines is 1. The fraction of sp³-hybridized carbons (Fsp3) is 0.467. The summed E-state index contributed by atoms with van der Waals surface area (Å²) in [6.45, 7) is 4.17. The highest BCUT2D eigenvalue weighted by molar-refractivity contribution is 6.30. The highest BCUT2D eigenvalue weighted by Crippen LogP contribution is 2.29. The lowest BCUT2D eigenvalue weighted by Gasteiger charge is -2.18. The first kappa shape index (κ1) is 15.8. The zero-order valence-corrected chi connectivity index (χ0v) is 12.8. The molecule has 114 valence electrons. The molecule has 0 saturated carbocycles. The molecule has 1 saturated heterocycles. The zero-order chi connectivity index (χ0) is 15.6. The Morgan fingerprint density at radius 2 is 2.29 bits per heavy atom. The van der Waals surface area contributed by atoms with Gasteiger partial charge in [-0.3, -0.25) is 9.59 Å². The third-order valence-electron chi connectivity index (χ3n) is 3.72. The SMILES string of the molecule is CC[C@H](C)NC(=O)[C@H]1CCN(c2ccc(Cl)cc2F)C1=O. The van der Waals surface area contributed by atoms with Gasteiger partial charge in [-0.1, -0.05) is 18.5 Å². The van der Waals surface area contributed by atoms with Crippen LogP contribution in [-0.2, 0) is 9.59 Å². The van der Waals surface area contributed by atoms with Gasteiger partial charge in [0.25, 0.3) is 0 Å². The second-order valence-corrected chi connectivity index (χ2v) is 5.68. The third-order valence-corrected chi connectivity index (χ3v) is 3.96. The summed E-state index contributed by atoms with van der Waals surface area (Å²) in [7, 11) is 0. The van der Waals surface area contributed by atoms with E-state index in [4.69, 9.17) is 11.6 Å². The lowest BCUT2D eigenvalue weighted by molar-refractivity contribution is -0.132. The maximum atomic E-state index is 13.9. The van der Waals surface area contributed by atoms with Gasteiger partial charge in [-0.15, -0.1) is 0 Å². The lowest BCUT2D eigenvalue weighted by Crippen LogP contribution is -2.40. The summed E-state index contributed by atoms with van der Waals surface area (Å²) in [5.41, 5.74) is 0.170. The van der Waals surface area contributed by atoms with Gasteiger partial charge >= 0.3 is 0 Å². The Kier molecular flexibility index (Phi) is 4.83. The van der Waals surface area contributed by atoms with E-state index >= 15 is 0 Å². The van der Waals surface area contributed by atoms with Gasteiger partial charge < -0.3 is 10.2 Å². The van der Waals surface area contributed by atoms with Crippen LogP contribution >= 0.6 is 11.6 Å². The first-order valence-electron chi connectivity index (χ1n) is 7.00. The molecule has 0 radical (unpaired) electrons. The molecule has 4 nitrogen and oxygen atoms in total. The zero-order valence-electron chi connectivity index (χ0n) is 12.0. The van der Waals surface area contributed by atoms with Gasteiger partial charge in [-0.2, -0.15) is 0 Å². The van der Waals surface area contributed by atoms with Crippen molar-refractivity contribution in [3.8, 4) is 0 Å². The van der Waals surface area contributed by atoms with Gasteiger partial charge in [0.15, 0.2) is 0 Å². The second kappa shape index (κ2) is 6.43. The number of rotatable bonds is 4. The number of amides is 2. The molecule has 1 N–H and O–H groups in total. The van der Waals surface area contributed by atoms with E-state index in [0.29, 0.717) is 13.0 Å². The van der Waals surface area contributed by atoms with Crippen molar-refractivity contribution in [1.82, 2.24) is 5.32 Å². The van der Waals surface area contributed by atoms with Crippen LogP contribution in [0.2, 0.25) is 5.02 Å². The van der Waals surface area contributed by atoms with Crippen LogP contribution in [0.5, 0.6) is 0 Å². The Bertz CT molecular complexity index is 565. The quantitative estimate of drug-likeness (QED) is 0.869. The number of nitrogens with one attached hydrogen (secondary N) is 1. The van der Waals surface area contributed by atoms with E-state index in [0.717, 1.165) is 12.5 Å². The van der Waals surface area contributed by atoms with E-state index in [-0.39, 0.29) is 28.6 Å². The fourth-order valence-corrected chi connectivity index (χ4v) is 2.47. The van der Waals surface area contributed by atoms with Gasteiger partial charge in [-0.25, -0.2) is 4.39 Å². The summed E-state index contributed by atoms with van der Waals surface area (Å²) in [5, 5.41) is 3.07. The monoisotopic (exact) mass is 312 g/mol. The molecule has 1 aliphatic rings. The minimum atomic E-state index is -0.742. The van der Waals surface area contributed by atoms with Crippen molar-refractivity contribution in [1.29, 1.82) is 0 Å². The van der Waals surface area contributed by atoms with Crippen LogP contribution in [0.25, 0.3) is 0 Å². The predicted molar refractivity (Wildman–Crippen MR) is 79.8 cm³/mol. The molecule has 1 fully saturated rings. The minimum absolute atomic E-state index is 0.0200. The van der Waals surface area contributed by atoms with Crippen molar-refractivity contribution >= 4 is 29.1 Å². The van der Waals surface area contributed by atoms with E-state index in [1.165, 1.54) is 17.0 Å². The van der Waals surface area contributed by atoms with Crippen molar-refractivity contribution < 1.29 is 14.0 Å². The summed E-state index contributed by atoms with van der Waals surface area (Å²) >= 11 is 5.70. The van der Waals surface area contributed by atoms with Crippen LogP contribution < -0.4 is 10.2 Å². The average molecular weight is 313 g/mol. The Morgan fingerprint density at radius 3 is 2.90 bits per heavy atom. The van der Waals surface area contributed by atoms with Gasteiger partial charge in [0, 0.05) is 17.6 Å². The normalized spacial score (nSPS) is 19.7. The predicted octanol–water partition coefficient (Wildman–Crippen LogP) is 2.75. The molecule has 1 aromatic carbocycles. The highest BCUT2D eigenvalue weighted by Gasteiger charge is 2.38. The molecular weight excluding hydrogens is 295 g/mol. The molecule has 0 aliphatic carbocycles. The number of nitrogens with zero attached hydrogens (tertiary/aromatic N) is 1. The molecule has 0 aromatic heterocycles. The number of carbonyl (C=O) groups excluding carboxylic acids is 2. The standard InChI is InChI=1S/C15H18ClFN2O2/c1-3-9(2)18-14(20)11-6-7-19(15(11)21)13-5-4-10(16)8-12(13)17/h4-5,8-9,11H,3,6-7H2,1-2H3,(H,18,20)/t9-,11+/m0/s1. The summed E-state index contributed by atoms with van der Waals surface area (Å²) in [6.07, 6.45) is 1.19. The van der Waals surface area contributed by atoms with Crippen molar-refractivity contribution in [3.05, 3.63) is 29.0 Å². The largest absolute Gasteiger partial charge is 0.353 e. The van der Waals surface area contributed by atoms with Crippen molar-refractivity contribution in [3.63, 3.8) is 0 Å². The van der Waals surface area contributed by atoms with Gasteiger partial charge in [0.05, 0.1) is 5.69 Å². The first-order valence-corrected chi connectivity index (χ1v) is 7.38. The van der Waals surface area contributed by atoms with Gasteiger partial charge in [-0.05, 0) is 38.0 Å². The van der Waals surface area contributed by atoms with Crippen molar-refractivity contribution in [2.75, 3.05) is 11.4 Å². The van der Waals surface area contributed by atoms with E-state index < -0.39 is 11.7 Å². The van der Waals surface area contributed by atoms with Crippen molar-refractivity contribution in [2.45, 2.75) is 32.7 Å². The molecule has 6 heteroatoms. The first-order chi connectivity index (χ1) is 9.93. The van der Waals surface area contributed by atoms with Crippen LogP contribution in [0.15, 0.2) is 18.2 Å². The maximum absolute atomic E-state index is 13.9. The average Bonchev–Trinajstić information content (AvgIpc) is 2.80. The Balaban J connectivity index is 2.13. The molecule has 0 bridgehead atoms.